The van der Waals surface area contributed by atoms with E-state index in [1.807, 2.05) is 0 Å². The lowest BCUT2D eigenvalue weighted by molar-refractivity contribution is -0.119. The minimum atomic E-state index is -0.525. The van der Waals surface area contributed by atoms with Crippen LogP contribution in [0.2, 0.25) is 0 Å². The molecular formula is C25H29N7O2S. The molecule has 4 rings (SSSR count). The maximum atomic E-state index is 12.9. The number of rotatable bonds is 5. The van der Waals surface area contributed by atoms with E-state index in [0.717, 1.165) is 37.1 Å². The van der Waals surface area contributed by atoms with Gasteiger partial charge >= 0.3 is 0 Å². The van der Waals surface area contributed by atoms with Gasteiger partial charge in [-0.25, -0.2) is 4.98 Å². The van der Waals surface area contributed by atoms with E-state index in [1.165, 1.54) is 17.5 Å². The number of likely N-dealkylation sites (N-methyl/N-ethyl adjacent to an activating group) is 1. The smallest absolute Gasteiger partial charge is 0.255 e. The molecule has 1 amide bonds. The number of aliphatic imine (C=N–C) groups is 1. The number of terminal acetylenes is 2. The van der Waals surface area contributed by atoms with Crippen molar-refractivity contribution >= 4 is 28.1 Å². The second kappa shape index (κ2) is 13.1. The minimum Gasteiger partial charge on any atom is -0.476 e. The third kappa shape index (κ3) is 6.36. The molecule has 1 fully saturated rings. The lowest BCUT2D eigenvalue weighted by Crippen LogP contribution is -2.31. The van der Waals surface area contributed by atoms with Crippen molar-refractivity contribution in [2.75, 3.05) is 25.9 Å². The fourth-order valence-corrected chi connectivity index (χ4v) is 5.33. The fraction of sp³-hybridized carbons (Fsp3) is 0.400. The van der Waals surface area contributed by atoms with E-state index >= 15 is 0 Å². The number of amides is 1. The number of thiophene rings is 1. The molecule has 182 valence electrons. The third-order valence-corrected chi connectivity index (χ3v) is 6.98. The van der Waals surface area contributed by atoms with Crippen LogP contribution >= 0.6 is 11.3 Å². The van der Waals surface area contributed by atoms with E-state index in [9.17, 15) is 10.1 Å². The molecule has 4 N–H and O–H groups in total. The highest BCUT2D eigenvalue weighted by Gasteiger charge is 2.32. The largest absolute Gasteiger partial charge is 0.476 e. The molecule has 10 heteroatoms. The predicted molar refractivity (Wildman–Crippen MR) is 138 cm³/mol. The van der Waals surface area contributed by atoms with Crippen molar-refractivity contribution in [2.24, 2.45) is 10.7 Å². The molecule has 0 spiro atoms. The van der Waals surface area contributed by atoms with Gasteiger partial charge in [0.15, 0.2) is 11.7 Å². The van der Waals surface area contributed by atoms with Crippen molar-refractivity contribution in [3.63, 3.8) is 0 Å². The number of fused-ring (bicyclic) bond motifs is 1. The number of nitrogens with zero attached hydrogens (tertiary/aromatic N) is 5. The van der Waals surface area contributed by atoms with Gasteiger partial charge in [0.2, 0.25) is 5.88 Å². The molecule has 1 aliphatic carbocycles. The van der Waals surface area contributed by atoms with Gasteiger partial charge in [-0.1, -0.05) is 0 Å². The minimum absolute atomic E-state index is 0.0673. The Labute approximate surface area is 210 Å². The lowest BCUT2D eigenvalue weighted by Gasteiger charge is -2.20. The Kier molecular flexibility index (Phi) is 10.2. The number of nitrogen functional groups attached to an aromatic ring is 1. The summed E-state index contributed by atoms with van der Waals surface area (Å²) >= 11 is 1.37. The number of hydrogen-bond donors (Lipinski definition) is 2. The van der Waals surface area contributed by atoms with Gasteiger partial charge in [0.25, 0.3) is 5.91 Å². The number of carbonyl (C=O) groups is 1. The second-order valence-electron chi connectivity index (χ2n) is 7.88. The van der Waals surface area contributed by atoms with Gasteiger partial charge in [-0.15, -0.1) is 37.0 Å². The molecule has 1 aliphatic heterocycles. The average molecular weight is 492 g/mol. The molecule has 2 aromatic heterocycles. The number of anilines is 1. The SMILES string of the molecule is C#C.C#C.CN1CCC[C@H]1COc1ccnc(C(N)=NC(=O)[C@H]2CCCc3sc(N)c(C#N)c32)n1. The first-order valence-electron chi connectivity index (χ1n) is 11.0. The van der Waals surface area contributed by atoms with Crippen LogP contribution in [0.5, 0.6) is 5.88 Å². The van der Waals surface area contributed by atoms with Gasteiger partial charge in [0, 0.05) is 23.2 Å². The van der Waals surface area contributed by atoms with E-state index in [-0.39, 0.29) is 11.7 Å². The van der Waals surface area contributed by atoms with Gasteiger partial charge in [0.05, 0.1) is 11.5 Å². The number of carbonyl (C=O) groups excluding carboxylic acids is 1. The second-order valence-corrected chi connectivity index (χ2v) is 9.01. The number of nitriles is 1. The molecule has 0 saturated carbocycles. The van der Waals surface area contributed by atoms with Crippen LogP contribution in [-0.4, -0.2) is 52.9 Å². The standard InChI is InChI=1S/C21H25N7O2S.2C2H2/c1-28-9-3-4-12(28)11-30-16-7-8-25-20(26-16)18(23)27-21(29)13-5-2-6-15-17(13)14(10-22)19(24)31-15;2*1-2/h7-8,12-13H,2-6,9,11,24H2,1H3,(H2,23,27,29);2*1-2H/t12-,13-;;/m0../s1. The summed E-state index contributed by atoms with van der Waals surface area (Å²) in [6, 6.07) is 4.15. The molecule has 0 radical (unpaired) electrons. The summed E-state index contributed by atoms with van der Waals surface area (Å²) in [6.45, 7) is 1.60. The van der Waals surface area contributed by atoms with Crippen molar-refractivity contribution in [2.45, 2.75) is 44.1 Å². The highest BCUT2D eigenvalue weighted by Crippen LogP contribution is 2.42. The molecule has 2 aliphatic rings. The van der Waals surface area contributed by atoms with Crippen LogP contribution in [-0.2, 0) is 11.2 Å². The summed E-state index contributed by atoms with van der Waals surface area (Å²) in [5, 5.41) is 9.92. The highest BCUT2D eigenvalue weighted by atomic mass is 32.1. The quantitative estimate of drug-likeness (QED) is 0.368. The maximum absolute atomic E-state index is 12.9. The number of nitrogens with two attached hydrogens (primary N) is 2. The number of aromatic nitrogens is 2. The number of amidine groups is 1. The Morgan fingerprint density at radius 1 is 1.34 bits per heavy atom. The first kappa shape index (κ1) is 27.3. The normalized spacial score (nSPS) is 19.1. The molecule has 2 aromatic rings. The maximum Gasteiger partial charge on any atom is 0.255 e. The van der Waals surface area contributed by atoms with Crippen molar-refractivity contribution in [1.82, 2.24) is 14.9 Å². The Balaban J connectivity index is 0.00000103. The zero-order chi connectivity index (χ0) is 26.0. The molecule has 0 aromatic carbocycles. The third-order valence-electron chi connectivity index (χ3n) is 5.89. The van der Waals surface area contributed by atoms with Gasteiger partial charge in [-0.2, -0.15) is 15.2 Å². The van der Waals surface area contributed by atoms with Crippen molar-refractivity contribution in [3.8, 4) is 37.6 Å². The van der Waals surface area contributed by atoms with Crippen LogP contribution < -0.4 is 16.2 Å². The lowest BCUT2D eigenvalue weighted by atomic mass is 9.85. The van der Waals surface area contributed by atoms with Crippen molar-refractivity contribution in [1.29, 1.82) is 5.26 Å². The predicted octanol–water partition coefficient (Wildman–Crippen LogP) is 2.32. The summed E-state index contributed by atoms with van der Waals surface area (Å²) in [4.78, 5) is 28.7. The zero-order valence-corrected chi connectivity index (χ0v) is 20.5. The van der Waals surface area contributed by atoms with Crippen LogP contribution in [0.15, 0.2) is 17.3 Å². The van der Waals surface area contributed by atoms with E-state index < -0.39 is 11.8 Å². The van der Waals surface area contributed by atoms with E-state index in [2.05, 4.69) is 58.7 Å². The molecule has 2 atom stereocenters. The Bertz CT molecular complexity index is 1140. The van der Waals surface area contributed by atoms with Crippen molar-refractivity contribution in [3.05, 3.63) is 34.1 Å². The van der Waals surface area contributed by atoms with E-state index in [0.29, 0.717) is 41.1 Å². The van der Waals surface area contributed by atoms with Crippen LogP contribution in [0.3, 0.4) is 0 Å². The van der Waals surface area contributed by atoms with Crippen LogP contribution in [0.4, 0.5) is 5.00 Å². The van der Waals surface area contributed by atoms with Gasteiger partial charge < -0.3 is 21.1 Å². The molecule has 9 nitrogen and oxygen atoms in total. The Hall–Kier alpha value is -3.91. The summed E-state index contributed by atoms with van der Waals surface area (Å²) in [6.07, 6.45) is 22.0. The summed E-state index contributed by atoms with van der Waals surface area (Å²) in [5.41, 5.74) is 13.1. The fourth-order valence-electron chi connectivity index (χ4n) is 4.20. The van der Waals surface area contributed by atoms with Crippen molar-refractivity contribution < 1.29 is 9.53 Å². The van der Waals surface area contributed by atoms with E-state index in [4.69, 9.17) is 16.2 Å². The first-order valence-corrected chi connectivity index (χ1v) is 11.8. The van der Waals surface area contributed by atoms with Gasteiger partial charge in [-0.3, -0.25) is 4.79 Å². The summed E-state index contributed by atoms with van der Waals surface area (Å²) < 4.78 is 5.82. The van der Waals surface area contributed by atoms with Crippen LogP contribution in [0.25, 0.3) is 0 Å². The number of aryl methyl sites for hydroxylation is 1. The topological polar surface area (TPSA) is 144 Å². The molecule has 0 unspecified atom stereocenters. The average Bonchev–Trinajstić information content (AvgIpc) is 3.46. The monoisotopic (exact) mass is 491 g/mol. The Morgan fingerprint density at radius 2 is 2.09 bits per heavy atom. The molecular weight excluding hydrogens is 462 g/mol. The Morgan fingerprint density at radius 3 is 2.74 bits per heavy atom. The first-order chi connectivity index (χ1) is 17.0. The van der Waals surface area contributed by atoms with Gasteiger partial charge in [-0.05, 0) is 51.3 Å². The van der Waals surface area contributed by atoms with Gasteiger partial charge in [0.1, 0.15) is 17.7 Å². The zero-order valence-electron chi connectivity index (χ0n) is 19.7. The van der Waals surface area contributed by atoms with Crippen LogP contribution in [0.1, 0.15) is 53.4 Å². The number of ether oxygens (including phenoxy) is 1. The molecule has 1 saturated heterocycles. The summed E-state index contributed by atoms with van der Waals surface area (Å²) in [7, 11) is 2.08. The van der Waals surface area contributed by atoms with Crippen LogP contribution in [0, 0.1) is 37.0 Å². The highest BCUT2D eigenvalue weighted by molar-refractivity contribution is 7.16. The molecule has 35 heavy (non-hydrogen) atoms. The van der Waals surface area contributed by atoms with E-state index in [1.54, 1.807) is 6.07 Å². The number of likely N-dealkylation sites (tertiary alicyclic amines) is 1. The molecule has 0 bridgehead atoms. The summed E-state index contributed by atoms with van der Waals surface area (Å²) in [5.74, 6) is -0.458. The number of hydrogen-bond acceptors (Lipinski definition) is 8. The molecule has 3 heterocycles.